The Balaban J connectivity index is 1.69. The number of esters is 2. The number of halogens is 2. The van der Waals surface area contributed by atoms with Crippen LogP contribution in [0.25, 0.3) is 0 Å². The molecule has 1 aliphatic rings. The van der Waals surface area contributed by atoms with E-state index in [0.29, 0.717) is 11.8 Å². The highest BCUT2D eigenvalue weighted by molar-refractivity contribution is 8.00. The number of aliphatic hydroxyl groups is 1. The molecule has 0 spiro atoms. The topological polar surface area (TPSA) is 72.8 Å². The van der Waals surface area contributed by atoms with E-state index in [4.69, 9.17) is 9.47 Å². The lowest BCUT2D eigenvalue weighted by atomic mass is 10.1. The Bertz CT molecular complexity index is 800. The number of rotatable bonds is 5. The number of hydrogen-bond donors (Lipinski definition) is 1. The van der Waals surface area contributed by atoms with Crippen molar-refractivity contribution in [1.29, 1.82) is 0 Å². The minimum absolute atomic E-state index is 0.111. The Labute approximate surface area is 158 Å². The van der Waals surface area contributed by atoms with Gasteiger partial charge in [0.25, 0.3) is 0 Å². The van der Waals surface area contributed by atoms with E-state index in [1.54, 1.807) is 36.4 Å². The quantitative estimate of drug-likeness (QED) is 0.786. The minimum atomic E-state index is -3.67. The number of ether oxygens (including phenoxy) is 2. The maximum absolute atomic E-state index is 14.3. The van der Waals surface area contributed by atoms with Crippen molar-refractivity contribution in [2.45, 2.75) is 22.7 Å². The first kappa shape index (κ1) is 19.3. The molecule has 1 saturated heterocycles. The molecule has 3 atom stereocenters. The first-order chi connectivity index (χ1) is 12.9. The molecule has 2 aromatic rings. The maximum atomic E-state index is 14.3. The molecule has 8 heteroatoms. The van der Waals surface area contributed by atoms with E-state index < -0.39 is 41.3 Å². The molecule has 5 nitrogen and oxygen atoms in total. The average Bonchev–Trinajstić information content (AvgIpc) is 2.90. The predicted molar refractivity (Wildman–Crippen MR) is 94.7 cm³/mol. The Morgan fingerprint density at radius 3 is 2.04 bits per heavy atom. The molecule has 2 unspecified atom stereocenters. The summed E-state index contributed by atoms with van der Waals surface area (Å²) in [5.41, 5.74) is -1.68. The molecule has 0 bridgehead atoms. The van der Waals surface area contributed by atoms with Crippen LogP contribution in [0.5, 0.6) is 0 Å². The van der Waals surface area contributed by atoms with Gasteiger partial charge in [-0.15, -0.1) is 11.8 Å². The monoisotopic (exact) mass is 394 g/mol. The second-order valence-corrected chi connectivity index (χ2v) is 7.18. The smallest absolute Gasteiger partial charge is 0.338 e. The first-order valence-electron chi connectivity index (χ1n) is 8.09. The van der Waals surface area contributed by atoms with Gasteiger partial charge < -0.3 is 14.6 Å². The van der Waals surface area contributed by atoms with Gasteiger partial charge >= 0.3 is 17.9 Å². The van der Waals surface area contributed by atoms with E-state index in [0.717, 1.165) is 0 Å². The third-order valence-corrected chi connectivity index (χ3v) is 5.29. The average molecular weight is 394 g/mol. The van der Waals surface area contributed by atoms with Gasteiger partial charge in [0.1, 0.15) is 6.61 Å². The van der Waals surface area contributed by atoms with Crippen molar-refractivity contribution in [2.24, 2.45) is 0 Å². The van der Waals surface area contributed by atoms with E-state index in [1.165, 1.54) is 24.3 Å². The second-order valence-electron chi connectivity index (χ2n) is 5.86. The summed E-state index contributed by atoms with van der Waals surface area (Å²) in [7, 11) is 0. The third-order valence-electron chi connectivity index (χ3n) is 3.98. The van der Waals surface area contributed by atoms with Crippen LogP contribution in [0.1, 0.15) is 20.7 Å². The molecule has 0 aromatic heterocycles. The molecule has 1 fully saturated rings. The highest BCUT2D eigenvalue weighted by Gasteiger charge is 2.60. The molecule has 1 N–H and O–H groups in total. The summed E-state index contributed by atoms with van der Waals surface area (Å²) in [4.78, 5) is 24.2. The van der Waals surface area contributed by atoms with Crippen LogP contribution in [0.15, 0.2) is 60.7 Å². The van der Waals surface area contributed by atoms with Crippen molar-refractivity contribution in [3.05, 3.63) is 71.8 Å². The summed E-state index contributed by atoms with van der Waals surface area (Å²) in [5.74, 6) is -5.29. The van der Waals surface area contributed by atoms with Gasteiger partial charge in [-0.25, -0.2) is 9.59 Å². The first-order valence-corrected chi connectivity index (χ1v) is 9.03. The van der Waals surface area contributed by atoms with Crippen LogP contribution < -0.4 is 0 Å². The van der Waals surface area contributed by atoms with Crippen molar-refractivity contribution in [3.8, 4) is 0 Å². The largest absolute Gasteiger partial charge is 0.461 e. The van der Waals surface area contributed by atoms with Gasteiger partial charge in [-0.1, -0.05) is 36.4 Å². The van der Waals surface area contributed by atoms with E-state index in [2.05, 4.69) is 0 Å². The van der Waals surface area contributed by atoms with Crippen LogP contribution in [0.4, 0.5) is 8.78 Å². The van der Waals surface area contributed by atoms with E-state index in [9.17, 15) is 23.5 Å². The van der Waals surface area contributed by atoms with Crippen molar-refractivity contribution >= 4 is 23.7 Å². The fourth-order valence-corrected chi connectivity index (χ4v) is 3.74. The van der Waals surface area contributed by atoms with Crippen LogP contribution in [0, 0.1) is 0 Å². The SMILES string of the molecule is O=C(OCC1SC(O)C(F)(F)[C@@H]1OC(=O)c1ccccc1)c1ccccc1. The Hall–Kier alpha value is -2.45. The molecular weight excluding hydrogens is 378 g/mol. The number of carbonyl (C=O) groups excluding carboxylic acids is 2. The van der Waals surface area contributed by atoms with Crippen LogP contribution >= 0.6 is 11.8 Å². The van der Waals surface area contributed by atoms with E-state index >= 15 is 0 Å². The summed E-state index contributed by atoms with van der Waals surface area (Å²) in [6.07, 6.45) is -1.92. The fraction of sp³-hybridized carbons (Fsp3) is 0.263. The van der Waals surface area contributed by atoms with Crippen molar-refractivity contribution in [1.82, 2.24) is 0 Å². The molecule has 142 valence electrons. The number of thioether (sulfide) groups is 1. The van der Waals surface area contributed by atoms with Crippen molar-refractivity contribution < 1.29 is 33.0 Å². The molecule has 1 aliphatic heterocycles. The van der Waals surface area contributed by atoms with Crippen LogP contribution in [0.2, 0.25) is 0 Å². The Kier molecular flexibility index (Phi) is 5.76. The minimum Gasteiger partial charge on any atom is -0.461 e. The van der Waals surface area contributed by atoms with Crippen molar-refractivity contribution in [2.75, 3.05) is 6.61 Å². The summed E-state index contributed by atoms with van der Waals surface area (Å²) < 4.78 is 38.6. The molecule has 0 aliphatic carbocycles. The molecule has 2 aromatic carbocycles. The molecule has 0 radical (unpaired) electrons. The second kappa shape index (κ2) is 8.06. The molecule has 0 saturated carbocycles. The number of hydrogen-bond acceptors (Lipinski definition) is 6. The van der Waals surface area contributed by atoms with Gasteiger partial charge in [0.05, 0.1) is 16.4 Å². The van der Waals surface area contributed by atoms with Crippen LogP contribution in [-0.4, -0.2) is 46.4 Å². The van der Waals surface area contributed by atoms with Gasteiger partial charge in [0.15, 0.2) is 11.5 Å². The Morgan fingerprint density at radius 1 is 0.963 bits per heavy atom. The maximum Gasteiger partial charge on any atom is 0.338 e. The summed E-state index contributed by atoms with van der Waals surface area (Å²) in [6, 6.07) is 15.8. The molecule has 0 amide bonds. The molecule has 3 rings (SSSR count). The predicted octanol–water partition coefficient (Wildman–Crippen LogP) is 3.14. The fourth-order valence-electron chi connectivity index (χ4n) is 2.57. The zero-order chi connectivity index (χ0) is 19.4. The van der Waals surface area contributed by atoms with Gasteiger partial charge in [-0.05, 0) is 24.3 Å². The molecule has 1 heterocycles. The van der Waals surface area contributed by atoms with Crippen LogP contribution in [0.3, 0.4) is 0 Å². The zero-order valence-corrected chi connectivity index (χ0v) is 14.8. The zero-order valence-electron chi connectivity index (χ0n) is 14.0. The highest BCUT2D eigenvalue weighted by atomic mass is 32.2. The summed E-state index contributed by atoms with van der Waals surface area (Å²) in [6.45, 7) is -0.433. The van der Waals surface area contributed by atoms with E-state index in [1.807, 2.05) is 0 Å². The number of aliphatic hydroxyl groups excluding tert-OH is 1. The highest BCUT2D eigenvalue weighted by Crippen LogP contribution is 2.46. The standard InChI is InChI=1S/C19H16F2O5S/c20-19(21)15(26-17(23)13-9-5-2-6-10-13)14(27-18(19)24)11-25-16(22)12-7-3-1-4-8-12/h1-10,14-15,18,24H,11H2/t14?,15-,18?/m1/s1. The lowest BCUT2D eigenvalue weighted by molar-refractivity contribution is -0.142. The van der Waals surface area contributed by atoms with Crippen LogP contribution in [-0.2, 0) is 9.47 Å². The summed E-state index contributed by atoms with van der Waals surface area (Å²) in [5, 5.41) is 8.54. The molecule has 27 heavy (non-hydrogen) atoms. The summed E-state index contributed by atoms with van der Waals surface area (Å²) >= 11 is 0.506. The number of carbonyl (C=O) groups is 2. The van der Waals surface area contributed by atoms with Gasteiger partial charge in [0.2, 0.25) is 0 Å². The lowest BCUT2D eigenvalue weighted by Gasteiger charge is -2.24. The van der Waals surface area contributed by atoms with Gasteiger partial charge in [-0.3, -0.25) is 0 Å². The van der Waals surface area contributed by atoms with E-state index in [-0.39, 0.29) is 11.1 Å². The lowest BCUT2D eigenvalue weighted by Crippen LogP contribution is -2.44. The molecular formula is C19H16F2O5S. The number of alkyl halides is 2. The normalized spacial score (nSPS) is 23.6. The third kappa shape index (κ3) is 4.28. The van der Waals surface area contributed by atoms with Gasteiger partial charge in [-0.2, -0.15) is 8.78 Å². The Morgan fingerprint density at radius 2 is 1.48 bits per heavy atom. The number of benzene rings is 2. The van der Waals surface area contributed by atoms with Gasteiger partial charge in [0, 0.05) is 0 Å². The van der Waals surface area contributed by atoms with Crippen molar-refractivity contribution in [3.63, 3.8) is 0 Å².